The van der Waals surface area contributed by atoms with Crippen LogP contribution in [0.2, 0.25) is 0 Å². The number of hydrogen-bond acceptors (Lipinski definition) is 5. The number of nitrogens with one attached hydrogen (secondary N) is 2. The van der Waals surface area contributed by atoms with Crippen LogP contribution in [0.15, 0.2) is 43.0 Å². The van der Waals surface area contributed by atoms with Crippen LogP contribution >= 0.6 is 24.8 Å². The van der Waals surface area contributed by atoms with Crippen molar-refractivity contribution in [3.63, 3.8) is 0 Å². The molecule has 27 heavy (non-hydrogen) atoms. The zero-order valence-corrected chi connectivity index (χ0v) is 16.9. The predicted molar refractivity (Wildman–Crippen MR) is 109 cm³/mol. The SMILES string of the molecule is CCn1cnnc1-c1cccc(NC(=O)C(NC)c2cnn(C)c2)c1.Cl.Cl. The molecule has 146 valence electrons. The zero-order chi connectivity index (χ0) is 17.8. The summed E-state index contributed by atoms with van der Waals surface area (Å²) in [7, 11) is 3.57. The van der Waals surface area contributed by atoms with E-state index in [1.165, 1.54) is 0 Å². The van der Waals surface area contributed by atoms with Gasteiger partial charge in [-0.3, -0.25) is 9.48 Å². The van der Waals surface area contributed by atoms with Crippen molar-refractivity contribution in [2.45, 2.75) is 19.5 Å². The van der Waals surface area contributed by atoms with Crippen LogP contribution in [0.25, 0.3) is 11.4 Å². The second-order valence-corrected chi connectivity index (χ2v) is 5.68. The Morgan fingerprint density at radius 2 is 2.07 bits per heavy atom. The molecule has 2 aromatic heterocycles. The number of amides is 1. The van der Waals surface area contributed by atoms with Crippen LogP contribution in [0.4, 0.5) is 5.69 Å². The summed E-state index contributed by atoms with van der Waals surface area (Å²) in [6.07, 6.45) is 5.20. The van der Waals surface area contributed by atoms with Gasteiger partial charge in [-0.2, -0.15) is 5.10 Å². The molecule has 3 aromatic rings. The van der Waals surface area contributed by atoms with Gasteiger partial charge in [0.25, 0.3) is 0 Å². The first-order chi connectivity index (χ1) is 12.1. The molecule has 2 heterocycles. The molecular formula is C17H23Cl2N7O. The van der Waals surface area contributed by atoms with E-state index < -0.39 is 6.04 Å². The Bertz CT molecular complexity index is 878. The summed E-state index contributed by atoms with van der Waals surface area (Å²) in [5.41, 5.74) is 2.42. The molecule has 0 spiro atoms. The van der Waals surface area contributed by atoms with Crippen LogP contribution in [-0.2, 0) is 18.4 Å². The number of carbonyl (C=O) groups excluding carboxylic acids is 1. The van der Waals surface area contributed by atoms with E-state index in [0.29, 0.717) is 5.69 Å². The minimum atomic E-state index is -0.475. The highest BCUT2D eigenvalue weighted by molar-refractivity contribution is 5.95. The summed E-state index contributed by atoms with van der Waals surface area (Å²) < 4.78 is 3.62. The molecule has 1 unspecified atom stereocenters. The molecule has 1 amide bonds. The maximum atomic E-state index is 12.6. The first-order valence-electron chi connectivity index (χ1n) is 8.07. The standard InChI is InChI=1S/C17H21N7O.2ClH/c1-4-24-11-19-22-16(24)12-6-5-7-14(8-12)21-17(25)15(18-2)13-9-20-23(3)10-13;;/h5-11,15,18H,4H2,1-3H3,(H,21,25);2*1H. The Labute approximate surface area is 170 Å². The van der Waals surface area contributed by atoms with Crippen LogP contribution in [-0.4, -0.2) is 37.5 Å². The molecule has 0 aliphatic heterocycles. The van der Waals surface area contributed by atoms with Crippen molar-refractivity contribution in [3.05, 3.63) is 48.5 Å². The molecule has 0 saturated carbocycles. The van der Waals surface area contributed by atoms with E-state index in [0.717, 1.165) is 23.5 Å². The predicted octanol–water partition coefficient (Wildman–Crippen LogP) is 2.44. The van der Waals surface area contributed by atoms with Crippen molar-refractivity contribution in [1.82, 2.24) is 29.9 Å². The van der Waals surface area contributed by atoms with E-state index in [9.17, 15) is 4.79 Å². The molecule has 0 aliphatic carbocycles. The minimum absolute atomic E-state index is 0. The number of likely N-dealkylation sites (N-methyl/N-ethyl adjacent to an activating group) is 1. The Kier molecular flexibility index (Phi) is 8.42. The number of aromatic nitrogens is 5. The Balaban J connectivity index is 0.00000182. The van der Waals surface area contributed by atoms with E-state index >= 15 is 0 Å². The van der Waals surface area contributed by atoms with Crippen LogP contribution in [0.5, 0.6) is 0 Å². The summed E-state index contributed by atoms with van der Waals surface area (Å²) in [6.45, 7) is 2.81. The molecule has 0 fully saturated rings. The summed E-state index contributed by atoms with van der Waals surface area (Å²) in [5.74, 6) is 0.626. The number of aryl methyl sites for hydroxylation is 2. The van der Waals surface area contributed by atoms with Gasteiger partial charge in [0.2, 0.25) is 5.91 Å². The molecule has 0 bridgehead atoms. The Morgan fingerprint density at radius 1 is 1.30 bits per heavy atom. The summed E-state index contributed by atoms with van der Waals surface area (Å²) in [6, 6.07) is 7.10. The fraction of sp³-hybridized carbons (Fsp3) is 0.294. The normalized spacial score (nSPS) is 11.2. The first kappa shape index (κ1) is 22.6. The first-order valence-corrected chi connectivity index (χ1v) is 8.07. The number of anilines is 1. The molecule has 3 rings (SSSR count). The molecular weight excluding hydrogens is 389 g/mol. The second kappa shape index (κ2) is 10.1. The Hall–Kier alpha value is -2.42. The fourth-order valence-electron chi connectivity index (χ4n) is 2.70. The van der Waals surface area contributed by atoms with Gasteiger partial charge in [0.05, 0.1) is 6.20 Å². The van der Waals surface area contributed by atoms with Gasteiger partial charge in [0.15, 0.2) is 5.82 Å². The highest BCUT2D eigenvalue weighted by Gasteiger charge is 2.20. The van der Waals surface area contributed by atoms with Crippen molar-refractivity contribution in [3.8, 4) is 11.4 Å². The monoisotopic (exact) mass is 411 g/mol. The molecule has 2 N–H and O–H groups in total. The highest BCUT2D eigenvalue weighted by Crippen LogP contribution is 2.22. The van der Waals surface area contributed by atoms with Crippen molar-refractivity contribution in [1.29, 1.82) is 0 Å². The third kappa shape index (κ3) is 5.06. The van der Waals surface area contributed by atoms with E-state index in [4.69, 9.17) is 0 Å². The van der Waals surface area contributed by atoms with Gasteiger partial charge < -0.3 is 15.2 Å². The summed E-state index contributed by atoms with van der Waals surface area (Å²) in [4.78, 5) is 12.6. The van der Waals surface area contributed by atoms with Gasteiger partial charge in [0.1, 0.15) is 12.4 Å². The van der Waals surface area contributed by atoms with Crippen LogP contribution in [0.1, 0.15) is 18.5 Å². The van der Waals surface area contributed by atoms with Crippen LogP contribution in [0, 0.1) is 0 Å². The lowest BCUT2D eigenvalue weighted by molar-refractivity contribution is -0.118. The van der Waals surface area contributed by atoms with Crippen molar-refractivity contribution in [2.24, 2.45) is 7.05 Å². The topological polar surface area (TPSA) is 89.7 Å². The van der Waals surface area contributed by atoms with Gasteiger partial charge in [-0.25, -0.2) is 0 Å². The third-order valence-corrected chi connectivity index (χ3v) is 3.95. The smallest absolute Gasteiger partial charge is 0.246 e. The average molecular weight is 412 g/mol. The number of carbonyl (C=O) groups is 1. The average Bonchev–Trinajstić information content (AvgIpc) is 3.24. The van der Waals surface area contributed by atoms with Crippen molar-refractivity contribution >= 4 is 36.4 Å². The van der Waals surface area contributed by atoms with E-state index in [2.05, 4.69) is 25.9 Å². The fourth-order valence-corrected chi connectivity index (χ4v) is 2.70. The van der Waals surface area contributed by atoms with Crippen LogP contribution < -0.4 is 10.6 Å². The molecule has 1 aromatic carbocycles. The van der Waals surface area contributed by atoms with E-state index in [1.54, 1.807) is 24.3 Å². The number of hydrogen-bond donors (Lipinski definition) is 2. The third-order valence-electron chi connectivity index (χ3n) is 3.95. The lowest BCUT2D eigenvalue weighted by Gasteiger charge is -2.15. The Morgan fingerprint density at radius 3 is 2.70 bits per heavy atom. The molecule has 10 heteroatoms. The van der Waals surface area contributed by atoms with Gasteiger partial charge >= 0.3 is 0 Å². The van der Waals surface area contributed by atoms with Gasteiger partial charge in [0, 0.05) is 36.6 Å². The maximum absolute atomic E-state index is 12.6. The number of rotatable bonds is 6. The molecule has 0 saturated heterocycles. The van der Waals surface area contributed by atoms with Crippen molar-refractivity contribution < 1.29 is 4.79 Å². The highest BCUT2D eigenvalue weighted by atomic mass is 35.5. The quantitative estimate of drug-likeness (QED) is 0.649. The van der Waals surface area contributed by atoms with Gasteiger partial charge in [-0.15, -0.1) is 35.0 Å². The number of halogens is 2. The maximum Gasteiger partial charge on any atom is 0.246 e. The van der Waals surface area contributed by atoms with Gasteiger partial charge in [-0.05, 0) is 26.1 Å². The minimum Gasteiger partial charge on any atom is -0.324 e. The second-order valence-electron chi connectivity index (χ2n) is 5.68. The zero-order valence-electron chi connectivity index (χ0n) is 15.3. The summed E-state index contributed by atoms with van der Waals surface area (Å²) >= 11 is 0. The van der Waals surface area contributed by atoms with E-state index in [-0.39, 0.29) is 30.7 Å². The lowest BCUT2D eigenvalue weighted by atomic mass is 10.1. The molecule has 0 aliphatic rings. The molecule has 1 atom stereocenters. The van der Waals surface area contributed by atoms with Crippen molar-refractivity contribution in [2.75, 3.05) is 12.4 Å². The largest absolute Gasteiger partial charge is 0.324 e. The summed E-state index contributed by atoms with van der Waals surface area (Å²) in [5, 5.41) is 18.2. The number of nitrogens with zero attached hydrogens (tertiary/aromatic N) is 5. The van der Waals surface area contributed by atoms with Gasteiger partial charge in [-0.1, -0.05) is 12.1 Å². The van der Waals surface area contributed by atoms with Crippen LogP contribution in [0.3, 0.4) is 0 Å². The lowest BCUT2D eigenvalue weighted by Crippen LogP contribution is -2.30. The number of benzene rings is 1. The molecule has 0 radical (unpaired) electrons. The molecule has 8 nitrogen and oxygen atoms in total. The van der Waals surface area contributed by atoms with E-state index in [1.807, 2.05) is 49.0 Å².